The van der Waals surface area contributed by atoms with Crippen molar-refractivity contribution in [3.63, 3.8) is 0 Å². The second-order valence-electron chi connectivity index (χ2n) is 7.45. The van der Waals surface area contributed by atoms with Gasteiger partial charge in [-0.3, -0.25) is 0 Å². The van der Waals surface area contributed by atoms with Gasteiger partial charge in [0.15, 0.2) is 0 Å². The highest BCUT2D eigenvalue weighted by atomic mass is 16.6. The number of carbonyl (C=O) groups is 1. The van der Waals surface area contributed by atoms with E-state index < -0.39 is 5.60 Å². The molecule has 5 nitrogen and oxygen atoms in total. The Morgan fingerprint density at radius 1 is 1.38 bits per heavy atom. The first-order chi connectivity index (χ1) is 9.67. The predicted molar refractivity (Wildman–Crippen MR) is 86.5 cm³/mol. The van der Waals surface area contributed by atoms with Crippen LogP contribution in [0.1, 0.15) is 40.5 Å². The Morgan fingerprint density at radius 3 is 2.48 bits per heavy atom. The molecule has 1 amide bonds. The van der Waals surface area contributed by atoms with E-state index in [1.54, 1.807) is 11.9 Å². The SMILES string of the molecule is CC(CNC1CCN(C)CC1)CN(C)C(=O)OC(C)(C)C. The van der Waals surface area contributed by atoms with Crippen LogP contribution in [-0.4, -0.2) is 67.8 Å². The van der Waals surface area contributed by atoms with Gasteiger partial charge in [0.05, 0.1) is 0 Å². The van der Waals surface area contributed by atoms with Crippen LogP contribution in [0, 0.1) is 5.92 Å². The zero-order valence-electron chi connectivity index (χ0n) is 14.6. The molecule has 124 valence electrons. The van der Waals surface area contributed by atoms with Crippen molar-refractivity contribution in [2.75, 3.05) is 40.3 Å². The number of ether oxygens (including phenoxy) is 1. The molecule has 1 N–H and O–H groups in total. The first-order valence-corrected chi connectivity index (χ1v) is 8.03. The van der Waals surface area contributed by atoms with Gasteiger partial charge in [-0.1, -0.05) is 6.92 Å². The molecule has 21 heavy (non-hydrogen) atoms. The smallest absolute Gasteiger partial charge is 0.410 e. The molecule has 0 aromatic carbocycles. The summed E-state index contributed by atoms with van der Waals surface area (Å²) < 4.78 is 5.37. The largest absolute Gasteiger partial charge is 0.444 e. The third-order valence-electron chi connectivity index (χ3n) is 3.76. The van der Waals surface area contributed by atoms with Crippen LogP contribution in [0.5, 0.6) is 0 Å². The topological polar surface area (TPSA) is 44.8 Å². The van der Waals surface area contributed by atoms with Crippen molar-refractivity contribution in [3.05, 3.63) is 0 Å². The highest BCUT2D eigenvalue weighted by Gasteiger charge is 2.21. The molecule has 1 rings (SSSR count). The lowest BCUT2D eigenvalue weighted by molar-refractivity contribution is 0.0276. The van der Waals surface area contributed by atoms with Gasteiger partial charge in [0.1, 0.15) is 5.60 Å². The summed E-state index contributed by atoms with van der Waals surface area (Å²) in [6.45, 7) is 11.9. The fraction of sp³-hybridized carbons (Fsp3) is 0.938. The van der Waals surface area contributed by atoms with E-state index in [4.69, 9.17) is 4.74 Å². The Balaban J connectivity index is 2.23. The Hall–Kier alpha value is -0.810. The van der Waals surface area contributed by atoms with Crippen molar-refractivity contribution in [2.45, 2.75) is 52.2 Å². The van der Waals surface area contributed by atoms with E-state index in [0.717, 1.165) is 6.54 Å². The van der Waals surface area contributed by atoms with Crippen molar-refractivity contribution < 1.29 is 9.53 Å². The highest BCUT2D eigenvalue weighted by molar-refractivity contribution is 5.67. The summed E-state index contributed by atoms with van der Waals surface area (Å²) in [6.07, 6.45) is 2.18. The van der Waals surface area contributed by atoms with Crippen LogP contribution < -0.4 is 5.32 Å². The Bertz CT molecular complexity index is 320. The predicted octanol–water partition coefficient (Wildman–Crippen LogP) is 2.17. The minimum absolute atomic E-state index is 0.242. The van der Waals surface area contributed by atoms with Gasteiger partial charge >= 0.3 is 6.09 Å². The maximum atomic E-state index is 11.9. The second-order valence-corrected chi connectivity index (χ2v) is 7.45. The van der Waals surface area contributed by atoms with E-state index >= 15 is 0 Å². The molecule has 1 heterocycles. The molecular weight excluding hydrogens is 266 g/mol. The van der Waals surface area contributed by atoms with Crippen LogP contribution in [-0.2, 0) is 4.74 Å². The van der Waals surface area contributed by atoms with E-state index in [2.05, 4.69) is 24.2 Å². The summed E-state index contributed by atoms with van der Waals surface area (Å²) in [4.78, 5) is 16.0. The zero-order valence-corrected chi connectivity index (χ0v) is 14.6. The van der Waals surface area contributed by atoms with E-state index in [0.29, 0.717) is 18.5 Å². The van der Waals surface area contributed by atoms with Crippen molar-refractivity contribution in [1.82, 2.24) is 15.1 Å². The Kier molecular flexibility index (Phi) is 6.94. The highest BCUT2D eigenvalue weighted by Crippen LogP contribution is 2.11. The van der Waals surface area contributed by atoms with Gasteiger partial charge in [-0.05, 0) is 66.2 Å². The van der Waals surface area contributed by atoms with Crippen LogP contribution in [0.3, 0.4) is 0 Å². The van der Waals surface area contributed by atoms with Gasteiger partial charge < -0.3 is 19.9 Å². The molecule has 1 aliphatic heterocycles. The van der Waals surface area contributed by atoms with Gasteiger partial charge in [-0.2, -0.15) is 0 Å². The minimum atomic E-state index is -0.430. The van der Waals surface area contributed by atoms with Crippen molar-refractivity contribution in [1.29, 1.82) is 0 Å². The summed E-state index contributed by atoms with van der Waals surface area (Å²) in [5, 5.41) is 3.63. The molecule has 0 saturated carbocycles. The molecular formula is C16H33N3O2. The minimum Gasteiger partial charge on any atom is -0.444 e. The fourth-order valence-corrected chi connectivity index (χ4v) is 2.53. The molecule has 1 saturated heterocycles. The Labute approximate surface area is 130 Å². The number of likely N-dealkylation sites (tertiary alicyclic amines) is 1. The second kappa shape index (κ2) is 7.99. The molecule has 0 spiro atoms. The number of nitrogens with zero attached hydrogens (tertiary/aromatic N) is 2. The lowest BCUT2D eigenvalue weighted by Gasteiger charge is -2.31. The maximum absolute atomic E-state index is 11.9. The van der Waals surface area contributed by atoms with E-state index in [-0.39, 0.29) is 6.09 Å². The van der Waals surface area contributed by atoms with Crippen LogP contribution in [0.2, 0.25) is 0 Å². The maximum Gasteiger partial charge on any atom is 0.410 e. The average molecular weight is 299 g/mol. The number of nitrogens with one attached hydrogen (secondary N) is 1. The normalized spacial score (nSPS) is 19.3. The fourth-order valence-electron chi connectivity index (χ4n) is 2.53. The third kappa shape index (κ3) is 7.67. The number of piperidine rings is 1. The number of hydrogen-bond acceptors (Lipinski definition) is 4. The molecule has 5 heteroatoms. The molecule has 0 radical (unpaired) electrons. The first kappa shape index (κ1) is 18.2. The third-order valence-corrected chi connectivity index (χ3v) is 3.76. The zero-order chi connectivity index (χ0) is 16.0. The van der Waals surface area contributed by atoms with Gasteiger partial charge in [0, 0.05) is 19.6 Å². The molecule has 0 aliphatic carbocycles. The van der Waals surface area contributed by atoms with Crippen LogP contribution in [0.15, 0.2) is 0 Å². The number of rotatable bonds is 5. The van der Waals surface area contributed by atoms with E-state index in [1.165, 1.54) is 25.9 Å². The molecule has 1 aliphatic rings. The van der Waals surface area contributed by atoms with Crippen LogP contribution in [0.4, 0.5) is 4.79 Å². The van der Waals surface area contributed by atoms with Crippen LogP contribution >= 0.6 is 0 Å². The average Bonchev–Trinajstić information content (AvgIpc) is 2.36. The molecule has 1 fully saturated rings. The molecule has 1 atom stereocenters. The lowest BCUT2D eigenvalue weighted by Crippen LogP contribution is -2.44. The molecule has 0 aromatic heterocycles. The standard InChI is InChI=1S/C16H33N3O2/c1-13(11-17-14-7-9-18(5)10-8-14)12-19(6)15(20)21-16(2,3)4/h13-14,17H,7-12H2,1-6H3. The lowest BCUT2D eigenvalue weighted by atomic mass is 10.0. The Morgan fingerprint density at radius 2 is 1.95 bits per heavy atom. The summed E-state index contributed by atoms with van der Waals surface area (Å²) in [7, 11) is 3.98. The van der Waals surface area contributed by atoms with Crippen LogP contribution in [0.25, 0.3) is 0 Å². The summed E-state index contributed by atoms with van der Waals surface area (Å²) in [5.41, 5.74) is -0.430. The number of carbonyl (C=O) groups excluding carboxylic acids is 1. The van der Waals surface area contributed by atoms with Gasteiger partial charge in [-0.15, -0.1) is 0 Å². The summed E-state index contributed by atoms with van der Waals surface area (Å²) in [6, 6.07) is 0.621. The monoisotopic (exact) mass is 299 g/mol. The molecule has 0 aromatic rings. The van der Waals surface area contributed by atoms with Gasteiger partial charge in [0.2, 0.25) is 0 Å². The number of hydrogen-bond donors (Lipinski definition) is 1. The summed E-state index contributed by atoms with van der Waals surface area (Å²) >= 11 is 0. The van der Waals surface area contributed by atoms with Crippen molar-refractivity contribution in [3.8, 4) is 0 Å². The summed E-state index contributed by atoms with van der Waals surface area (Å²) in [5.74, 6) is 0.419. The first-order valence-electron chi connectivity index (χ1n) is 8.03. The van der Waals surface area contributed by atoms with Crippen molar-refractivity contribution in [2.24, 2.45) is 5.92 Å². The van der Waals surface area contributed by atoms with E-state index in [9.17, 15) is 4.79 Å². The molecule has 1 unspecified atom stereocenters. The van der Waals surface area contributed by atoms with Crippen molar-refractivity contribution >= 4 is 6.09 Å². The molecule has 0 bridgehead atoms. The quantitative estimate of drug-likeness (QED) is 0.845. The number of amides is 1. The van der Waals surface area contributed by atoms with Gasteiger partial charge in [-0.25, -0.2) is 4.79 Å². The van der Waals surface area contributed by atoms with E-state index in [1.807, 2.05) is 20.8 Å². The van der Waals surface area contributed by atoms with Gasteiger partial charge in [0.25, 0.3) is 0 Å².